The van der Waals surface area contributed by atoms with Crippen LogP contribution in [0.1, 0.15) is 53.6 Å². The van der Waals surface area contributed by atoms with Crippen molar-refractivity contribution >= 4 is 15.9 Å². The highest BCUT2D eigenvalue weighted by Crippen LogP contribution is 2.38. The van der Waals surface area contributed by atoms with Gasteiger partial charge in [-0.25, -0.2) is 13.1 Å². The van der Waals surface area contributed by atoms with Gasteiger partial charge in [0.25, 0.3) is 5.91 Å². The number of benzene rings is 1. The molecule has 0 atom stereocenters. The van der Waals surface area contributed by atoms with Gasteiger partial charge in [0.05, 0.1) is 23.3 Å². The first-order chi connectivity index (χ1) is 17.3. The Labute approximate surface area is 213 Å². The zero-order valence-corrected chi connectivity index (χ0v) is 20.7. The molecule has 2 aliphatic rings. The second-order valence-electron chi connectivity index (χ2n) is 9.79. The molecule has 6 nitrogen and oxygen atoms in total. The summed E-state index contributed by atoms with van der Waals surface area (Å²) < 4.78 is 142. The fraction of sp³-hybridized carbons (Fsp3) is 0.682. The summed E-state index contributed by atoms with van der Waals surface area (Å²) >= 11 is 0. The molecular weight excluding hydrogens is 557 g/mol. The normalized spacial score (nSPS) is 19.4. The van der Waals surface area contributed by atoms with Gasteiger partial charge in [0.15, 0.2) is 0 Å². The van der Waals surface area contributed by atoms with Crippen molar-refractivity contribution in [3.63, 3.8) is 0 Å². The molecule has 1 saturated carbocycles. The number of alkyl halides is 9. The van der Waals surface area contributed by atoms with Crippen LogP contribution in [0.4, 0.5) is 39.5 Å². The second-order valence-corrected chi connectivity index (χ2v) is 11.6. The van der Waals surface area contributed by atoms with Crippen LogP contribution in [0.2, 0.25) is 0 Å². The fourth-order valence-corrected chi connectivity index (χ4v) is 5.81. The lowest BCUT2D eigenvalue weighted by atomic mass is 9.96. The Morgan fingerprint density at radius 2 is 1.45 bits per heavy atom. The van der Waals surface area contributed by atoms with Crippen LogP contribution in [0.3, 0.4) is 0 Å². The monoisotopic (exact) mass is 583 g/mol. The molecule has 0 radical (unpaired) electrons. The number of nitrogens with one attached hydrogen (secondary N) is 2. The van der Waals surface area contributed by atoms with Crippen LogP contribution in [-0.2, 0) is 22.4 Å². The molecule has 2 N–H and O–H groups in total. The Morgan fingerprint density at radius 3 is 1.89 bits per heavy atom. The highest BCUT2D eigenvalue weighted by molar-refractivity contribution is 7.89. The van der Waals surface area contributed by atoms with Crippen LogP contribution >= 0.6 is 0 Å². The van der Waals surface area contributed by atoms with Crippen molar-refractivity contribution in [2.45, 2.75) is 56.2 Å². The number of hydrogen-bond donors (Lipinski definition) is 2. The van der Waals surface area contributed by atoms with E-state index in [1.165, 1.54) is 0 Å². The average molecular weight is 584 g/mol. The number of carbonyl (C=O) groups is 1. The number of sulfonamides is 1. The number of piperidine rings is 1. The predicted octanol–water partition coefficient (Wildman–Crippen LogP) is 4.57. The Kier molecular flexibility index (Phi) is 8.69. The summed E-state index contributed by atoms with van der Waals surface area (Å²) in [6.45, 7) is 1.24. The van der Waals surface area contributed by atoms with Crippen molar-refractivity contribution in [3.8, 4) is 0 Å². The first-order valence-electron chi connectivity index (χ1n) is 11.7. The molecule has 0 unspecified atom stereocenters. The van der Waals surface area contributed by atoms with E-state index in [9.17, 15) is 52.7 Å². The van der Waals surface area contributed by atoms with Gasteiger partial charge >= 0.3 is 18.5 Å². The fourth-order valence-electron chi connectivity index (χ4n) is 4.28. The molecule has 1 aromatic rings. The SMILES string of the molecule is O=C(NCC1CCN(CC2(NS(=O)(=O)CCC(F)(F)F)CC2)CC1)c1cc(C(F)(F)F)cc(C(F)(F)F)c1. The molecule has 1 aliphatic carbocycles. The van der Waals surface area contributed by atoms with Gasteiger partial charge < -0.3 is 10.2 Å². The second kappa shape index (κ2) is 10.8. The van der Waals surface area contributed by atoms with Gasteiger partial charge in [-0.15, -0.1) is 0 Å². The van der Waals surface area contributed by atoms with Gasteiger partial charge in [0.1, 0.15) is 0 Å². The van der Waals surface area contributed by atoms with E-state index in [1.807, 2.05) is 4.90 Å². The molecule has 0 aromatic heterocycles. The highest BCUT2D eigenvalue weighted by atomic mass is 32.2. The van der Waals surface area contributed by atoms with Crippen molar-refractivity contribution in [3.05, 3.63) is 34.9 Å². The van der Waals surface area contributed by atoms with Gasteiger partial charge in [0, 0.05) is 24.2 Å². The summed E-state index contributed by atoms with van der Waals surface area (Å²) in [5.41, 5.74) is -4.77. The van der Waals surface area contributed by atoms with E-state index >= 15 is 0 Å². The zero-order valence-electron chi connectivity index (χ0n) is 19.9. The van der Waals surface area contributed by atoms with Gasteiger partial charge in [-0.2, -0.15) is 39.5 Å². The summed E-state index contributed by atoms with van der Waals surface area (Å²) in [7, 11) is -4.13. The number of carbonyl (C=O) groups excluding carboxylic acids is 1. The van der Waals surface area contributed by atoms with E-state index in [0.717, 1.165) is 0 Å². The molecule has 0 bridgehead atoms. The molecule has 1 saturated heterocycles. The Balaban J connectivity index is 1.50. The third kappa shape index (κ3) is 9.00. The van der Waals surface area contributed by atoms with Crippen LogP contribution < -0.4 is 10.0 Å². The average Bonchev–Trinajstić information content (AvgIpc) is 3.53. The number of halogens is 9. The van der Waals surface area contributed by atoms with Gasteiger partial charge in [0.2, 0.25) is 10.0 Å². The van der Waals surface area contributed by atoms with Crippen molar-refractivity contribution in [2.24, 2.45) is 5.92 Å². The van der Waals surface area contributed by atoms with Crippen LogP contribution in [0.25, 0.3) is 0 Å². The molecular formula is C22H26F9N3O3S. The van der Waals surface area contributed by atoms with Crippen molar-refractivity contribution in [1.82, 2.24) is 14.9 Å². The molecule has 3 rings (SSSR count). The van der Waals surface area contributed by atoms with Crippen molar-refractivity contribution < 1.29 is 52.7 Å². The Hall–Kier alpha value is -2.07. The van der Waals surface area contributed by atoms with E-state index in [1.54, 1.807) is 0 Å². The maximum Gasteiger partial charge on any atom is 0.416 e. The maximum atomic E-state index is 13.0. The summed E-state index contributed by atoms with van der Waals surface area (Å²) in [5.74, 6) is -2.26. The van der Waals surface area contributed by atoms with E-state index in [4.69, 9.17) is 0 Å². The van der Waals surface area contributed by atoms with Crippen LogP contribution in [0.5, 0.6) is 0 Å². The molecule has 1 aliphatic heterocycles. The topological polar surface area (TPSA) is 78.5 Å². The summed E-state index contributed by atoms with van der Waals surface area (Å²) in [5, 5.41) is 2.38. The van der Waals surface area contributed by atoms with Gasteiger partial charge in [-0.1, -0.05) is 0 Å². The first-order valence-corrected chi connectivity index (χ1v) is 13.3. The summed E-state index contributed by atoms with van der Waals surface area (Å²) in [6.07, 6.45) is -14.2. The van der Waals surface area contributed by atoms with E-state index < -0.39 is 68.9 Å². The van der Waals surface area contributed by atoms with Gasteiger partial charge in [-0.3, -0.25) is 4.79 Å². The maximum absolute atomic E-state index is 13.0. The zero-order chi connectivity index (χ0) is 28.6. The molecule has 0 spiro atoms. The van der Waals surface area contributed by atoms with E-state index in [-0.39, 0.29) is 18.5 Å². The standard InChI is InChI=1S/C22H26F9N3O3S/c23-20(24,25)5-8-38(36,37)33-19(3-4-19)13-34-6-1-14(2-7-34)12-32-18(35)15-9-16(21(26,27)28)11-17(10-15)22(29,30)31/h9-11,14,33H,1-8,12-13H2,(H,32,35). The number of nitrogens with zero attached hydrogens (tertiary/aromatic N) is 1. The van der Waals surface area contributed by atoms with Gasteiger partial charge in [-0.05, 0) is 62.9 Å². The number of amides is 1. The molecule has 1 heterocycles. The summed E-state index contributed by atoms with van der Waals surface area (Å²) in [6, 6.07) is 0.658. The third-order valence-electron chi connectivity index (χ3n) is 6.51. The van der Waals surface area contributed by atoms with Crippen LogP contribution in [0.15, 0.2) is 18.2 Å². The smallest absolute Gasteiger partial charge is 0.352 e. The Morgan fingerprint density at radius 1 is 0.921 bits per heavy atom. The van der Waals surface area contributed by atoms with Crippen LogP contribution in [0, 0.1) is 5.92 Å². The number of hydrogen-bond acceptors (Lipinski definition) is 4. The molecule has 1 amide bonds. The van der Waals surface area contributed by atoms with Crippen molar-refractivity contribution in [2.75, 3.05) is 31.9 Å². The first kappa shape index (κ1) is 30.5. The minimum Gasteiger partial charge on any atom is -0.352 e. The van der Waals surface area contributed by atoms with Crippen LogP contribution in [-0.4, -0.2) is 62.9 Å². The largest absolute Gasteiger partial charge is 0.416 e. The van der Waals surface area contributed by atoms with E-state index in [0.29, 0.717) is 57.5 Å². The molecule has 1 aromatic carbocycles. The summed E-state index contributed by atoms with van der Waals surface area (Å²) in [4.78, 5) is 14.3. The molecule has 38 heavy (non-hydrogen) atoms. The number of rotatable bonds is 9. The molecule has 16 heteroatoms. The van der Waals surface area contributed by atoms with E-state index in [2.05, 4.69) is 10.0 Å². The van der Waals surface area contributed by atoms with Crippen molar-refractivity contribution in [1.29, 1.82) is 0 Å². The lowest BCUT2D eigenvalue weighted by Crippen LogP contribution is -2.49. The lowest BCUT2D eigenvalue weighted by Gasteiger charge is -2.34. The molecule has 2 fully saturated rings. The quantitative estimate of drug-likeness (QED) is 0.418. The number of likely N-dealkylation sites (tertiary alicyclic amines) is 1. The Bertz CT molecular complexity index is 1070. The molecule has 216 valence electrons. The third-order valence-corrected chi connectivity index (χ3v) is 8.00. The minimum atomic E-state index is -5.07. The predicted molar refractivity (Wildman–Crippen MR) is 118 cm³/mol. The highest BCUT2D eigenvalue weighted by Gasteiger charge is 2.47. The lowest BCUT2D eigenvalue weighted by molar-refractivity contribution is -0.143. The minimum absolute atomic E-state index is 0.0134.